The van der Waals surface area contributed by atoms with Crippen molar-refractivity contribution in [2.75, 3.05) is 0 Å². The second-order valence-corrected chi connectivity index (χ2v) is 12.5. The van der Waals surface area contributed by atoms with Gasteiger partial charge in [0.25, 0.3) is 0 Å². The average molecular weight is 608 g/mol. The number of allylic oxidation sites excluding steroid dienone is 9. The van der Waals surface area contributed by atoms with Gasteiger partial charge in [0.2, 0.25) is 0 Å². The lowest BCUT2D eigenvalue weighted by Crippen LogP contribution is -2.13. The van der Waals surface area contributed by atoms with E-state index in [2.05, 4.69) is 127 Å². The summed E-state index contributed by atoms with van der Waals surface area (Å²) in [5.41, 5.74) is 8.93. The number of benzene rings is 4. The Hall–Kier alpha value is -5.61. The maximum atomic E-state index is 6.64. The number of hydrogen-bond donors (Lipinski definition) is 0. The lowest BCUT2D eigenvalue weighted by atomic mass is 9.81. The van der Waals surface area contributed by atoms with Gasteiger partial charge in [-0.15, -0.1) is 0 Å². The van der Waals surface area contributed by atoms with E-state index in [1.807, 2.05) is 6.07 Å². The Labute approximate surface area is 274 Å². The van der Waals surface area contributed by atoms with Crippen LogP contribution in [0.3, 0.4) is 0 Å². The summed E-state index contributed by atoms with van der Waals surface area (Å²) in [5.74, 6) is 3.23. The van der Waals surface area contributed by atoms with E-state index in [1.165, 1.54) is 27.5 Å². The van der Waals surface area contributed by atoms with E-state index < -0.39 is 0 Å². The highest BCUT2D eigenvalue weighted by atomic mass is 16.3. The molecule has 0 bridgehead atoms. The normalized spacial score (nSPS) is 17.4. The molecule has 0 spiro atoms. The molecule has 4 nitrogen and oxygen atoms in total. The molecule has 0 radical (unpaired) electrons. The van der Waals surface area contributed by atoms with Crippen LogP contribution in [-0.2, 0) is 6.42 Å². The van der Waals surface area contributed by atoms with Crippen LogP contribution in [0.5, 0.6) is 0 Å². The third-order valence-corrected chi connectivity index (χ3v) is 9.58. The first-order valence-corrected chi connectivity index (χ1v) is 16.6. The highest BCUT2D eigenvalue weighted by Gasteiger charge is 2.30. The van der Waals surface area contributed by atoms with Crippen LogP contribution in [0.25, 0.3) is 49.6 Å². The lowest BCUT2D eigenvalue weighted by Gasteiger charge is -2.23. The van der Waals surface area contributed by atoms with Gasteiger partial charge in [-0.25, -0.2) is 15.0 Å². The molecular formula is C43H33N3O. The molecule has 47 heavy (non-hydrogen) atoms. The Morgan fingerprint density at radius 3 is 2.28 bits per heavy atom. The zero-order valence-electron chi connectivity index (χ0n) is 26.1. The first kappa shape index (κ1) is 27.7. The van der Waals surface area contributed by atoms with Crippen LogP contribution in [0.2, 0.25) is 0 Å². The molecule has 0 N–H and O–H groups in total. The van der Waals surface area contributed by atoms with E-state index in [-0.39, 0.29) is 5.92 Å². The summed E-state index contributed by atoms with van der Waals surface area (Å²) in [7, 11) is 0. The lowest BCUT2D eigenvalue weighted by molar-refractivity contribution is 0.532. The molecule has 0 fully saturated rings. The van der Waals surface area contributed by atoms with E-state index in [1.54, 1.807) is 0 Å². The van der Waals surface area contributed by atoms with Crippen molar-refractivity contribution < 1.29 is 4.42 Å². The summed E-state index contributed by atoms with van der Waals surface area (Å²) in [4.78, 5) is 15.5. The Morgan fingerprint density at radius 1 is 0.660 bits per heavy atom. The molecule has 4 heteroatoms. The third-order valence-electron chi connectivity index (χ3n) is 9.58. The summed E-state index contributed by atoms with van der Waals surface area (Å²) in [6, 6.07) is 32.3. The predicted octanol–water partition coefficient (Wildman–Crippen LogP) is 10.7. The Kier molecular flexibility index (Phi) is 6.85. The number of furan rings is 1. The van der Waals surface area contributed by atoms with E-state index >= 15 is 0 Å². The van der Waals surface area contributed by atoms with Crippen LogP contribution >= 0.6 is 0 Å². The molecule has 0 amide bonds. The molecule has 6 aromatic rings. The minimum absolute atomic E-state index is 0.0714. The molecule has 1 atom stereocenters. The van der Waals surface area contributed by atoms with Gasteiger partial charge in [0.15, 0.2) is 17.5 Å². The van der Waals surface area contributed by atoms with Gasteiger partial charge in [-0.1, -0.05) is 127 Å². The van der Waals surface area contributed by atoms with E-state index in [0.717, 1.165) is 82.8 Å². The van der Waals surface area contributed by atoms with Crippen LogP contribution in [0, 0.1) is 0 Å². The van der Waals surface area contributed by atoms with Crippen LogP contribution < -0.4 is 0 Å². The van der Waals surface area contributed by atoms with Crippen molar-refractivity contribution in [1.29, 1.82) is 0 Å². The van der Waals surface area contributed by atoms with E-state index in [9.17, 15) is 0 Å². The van der Waals surface area contributed by atoms with Crippen molar-refractivity contribution in [2.24, 2.45) is 0 Å². The fourth-order valence-corrected chi connectivity index (χ4v) is 7.32. The zero-order chi connectivity index (χ0) is 31.2. The van der Waals surface area contributed by atoms with Gasteiger partial charge >= 0.3 is 0 Å². The van der Waals surface area contributed by atoms with E-state index in [4.69, 9.17) is 19.4 Å². The van der Waals surface area contributed by atoms with Crippen molar-refractivity contribution in [3.8, 4) is 11.1 Å². The van der Waals surface area contributed by atoms with Crippen molar-refractivity contribution in [3.05, 3.63) is 168 Å². The highest BCUT2D eigenvalue weighted by molar-refractivity contribution is 6.01. The monoisotopic (exact) mass is 607 g/mol. The third kappa shape index (κ3) is 4.97. The standard InChI is InChI=1S/C43H33N3O/c1-4-14-28(15-5-1)32-24-25-33(35-21-11-10-20-34(32)35)31-26-37(40-36-22-12-13-23-38(36)47-39(40)27-31)43-45-41(29-16-6-2-7-17-29)44-42(46-43)30-18-8-3-9-19-30/h1-2,4-6,8,10-16,18-26,31H,3,7,9,17,27H2. The quantitative estimate of drug-likeness (QED) is 0.196. The second-order valence-electron chi connectivity index (χ2n) is 12.5. The smallest absolute Gasteiger partial charge is 0.164 e. The Morgan fingerprint density at radius 2 is 1.45 bits per heavy atom. The highest BCUT2D eigenvalue weighted by Crippen LogP contribution is 2.45. The Balaban J connectivity index is 1.26. The van der Waals surface area contributed by atoms with Crippen molar-refractivity contribution in [1.82, 2.24) is 15.0 Å². The molecule has 3 aliphatic carbocycles. The fourth-order valence-electron chi connectivity index (χ4n) is 7.32. The van der Waals surface area contributed by atoms with Crippen LogP contribution in [0.1, 0.15) is 66.0 Å². The van der Waals surface area contributed by atoms with Gasteiger partial charge in [-0.05, 0) is 64.8 Å². The Bertz CT molecular complexity index is 2330. The average Bonchev–Trinajstić information content (AvgIpc) is 3.53. The predicted molar refractivity (Wildman–Crippen MR) is 192 cm³/mol. The van der Waals surface area contributed by atoms with Gasteiger partial charge in [0, 0.05) is 34.4 Å². The van der Waals surface area contributed by atoms with Gasteiger partial charge in [0.05, 0.1) is 0 Å². The van der Waals surface area contributed by atoms with Gasteiger partial charge in [-0.3, -0.25) is 0 Å². The molecule has 226 valence electrons. The molecule has 0 aliphatic heterocycles. The summed E-state index contributed by atoms with van der Waals surface area (Å²) in [6.45, 7) is 0. The van der Waals surface area contributed by atoms with E-state index in [0.29, 0.717) is 5.82 Å². The minimum Gasteiger partial charge on any atom is -0.460 e. The topological polar surface area (TPSA) is 51.8 Å². The number of hydrogen-bond acceptors (Lipinski definition) is 4. The molecule has 2 heterocycles. The number of fused-ring (bicyclic) bond motifs is 4. The number of rotatable bonds is 5. The molecular weight excluding hydrogens is 574 g/mol. The SMILES string of the molecule is C1=CCCC(c2nc(C3=CCCC=C3)nc(C3=CC(c4ccc(-c5ccccc5)c5ccccc45)Cc4oc5ccccc5c43)n2)=C1. The first-order valence-electron chi connectivity index (χ1n) is 16.6. The molecule has 0 saturated carbocycles. The number of nitrogens with zero attached hydrogens (tertiary/aromatic N) is 3. The van der Waals surface area contributed by atoms with Gasteiger partial charge in [0.1, 0.15) is 11.3 Å². The maximum absolute atomic E-state index is 6.64. The van der Waals surface area contributed by atoms with Gasteiger partial charge in [-0.2, -0.15) is 0 Å². The summed E-state index contributed by atoms with van der Waals surface area (Å²) >= 11 is 0. The number of para-hydroxylation sites is 1. The zero-order valence-corrected chi connectivity index (χ0v) is 26.1. The molecule has 0 saturated heterocycles. The van der Waals surface area contributed by atoms with Gasteiger partial charge < -0.3 is 4.42 Å². The minimum atomic E-state index is 0.0714. The fraction of sp³-hybridized carbons (Fsp3) is 0.140. The van der Waals surface area contributed by atoms with Crippen molar-refractivity contribution in [3.63, 3.8) is 0 Å². The molecule has 4 aromatic carbocycles. The summed E-state index contributed by atoms with van der Waals surface area (Å²) in [5, 5.41) is 3.60. The second kappa shape index (κ2) is 11.6. The molecule has 3 aliphatic rings. The van der Waals surface area contributed by atoms with Crippen molar-refractivity contribution in [2.45, 2.75) is 38.0 Å². The van der Waals surface area contributed by atoms with Crippen LogP contribution in [0.15, 0.2) is 138 Å². The number of aromatic nitrogens is 3. The summed E-state index contributed by atoms with van der Waals surface area (Å²) in [6.07, 6.45) is 20.1. The molecule has 9 rings (SSSR count). The maximum Gasteiger partial charge on any atom is 0.164 e. The van der Waals surface area contributed by atoms with Crippen molar-refractivity contribution >= 4 is 38.5 Å². The van der Waals surface area contributed by atoms with Crippen LogP contribution in [-0.4, -0.2) is 15.0 Å². The largest absolute Gasteiger partial charge is 0.460 e. The molecule has 2 aromatic heterocycles. The molecule has 1 unspecified atom stereocenters. The van der Waals surface area contributed by atoms with Crippen LogP contribution in [0.4, 0.5) is 0 Å². The summed E-state index contributed by atoms with van der Waals surface area (Å²) < 4.78 is 6.64. The first-order chi connectivity index (χ1) is 23.3.